The van der Waals surface area contributed by atoms with Gasteiger partial charge in [-0.05, 0) is 68.3 Å². The zero-order chi connectivity index (χ0) is 18.9. The first-order valence-corrected chi connectivity index (χ1v) is 10.6. The number of carbonyl (C=O) groups is 2. The van der Waals surface area contributed by atoms with E-state index in [1.165, 1.54) is 19.3 Å². The van der Waals surface area contributed by atoms with E-state index in [0.29, 0.717) is 17.8 Å². The lowest BCUT2D eigenvalue weighted by Gasteiger charge is -2.55. The van der Waals surface area contributed by atoms with E-state index in [9.17, 15) is 9.59 Å². The molecule has 0 heterocycles. The molecule has 4 saturated carbocycles. The van der Waals surface area contributed by atoms with Gasteiger partial charge in [0.1, 0.15) is 0 Å². The molecule has 4 bridgehead atoms. The molecule has 27 heavy (non-hydrogen) atoms. The van der Waals surface area contributed by atoms with Crippen molar-refractivity contribution in [2.24, 2.45) is 23.2 Å². The van der Waals surface area contributed by atoms with Crippen LogP contribution in [0.3, 0.4) is 0 Å². The highest BCUT2D eigenvalue weighted by atomic mass is 16.5. The van der Waals surface area contributed by atoms with Crippen LogP contribution >= 0.6 is 0 Å². The largest absolute Gasteiger partial charge is 0.455 e. The summed E-state index contributed by atoms with van der Waals surface area (Å²) in [5.41, 5.74) is 0.803. The van der Waals surface area contributed by atoms with Crippen LogP contribution < -0.4 is 5.32 Å². The highest BCUT2D eigenvalue weighted by molar-refractivity contribution is 5.83. The van der Waals surface area contributed by atoms with Crippen LogP contribution in [0, 0.1) is 23.2 Å². The van der Waals surface area contributed by atoms with Crippen molar-refractivity contribution in [2.75, 3.05) is 6.61 Å². The molecule has 4 fully saturated rings. The molecular weight excluding hydrogens is 338 g/mol. The van der Waals surface area contributed by atoms with Crippen LogP contribution in [0.4, 0.5) is 0 Å². The molecule has 0 aliphatic heterocycles. The Morgan fingerprint density at radius 3 is 2.22 bits per heavy atom. The molecule has 4 aliphatic carbocycles. The Kier molecular flexibility index (Phi) is 5.25. The smallest absolute Gasteiger partial charge is 0.312 e. The van der Waals surface area contributed by atoms with Gasteiger partial charge in [0.25, 0.3) is 5.91 Å². The quantitative estimate of drug-likeness (QED) is 0.725. The number of ether oxygens (including phenoxy) is 1. The van der Waals surface area contributed by atoms with Crippen molar-refractivity contribution >= 4 is 11.9 Å². The van der Waals surface area contributed by atoms with Crippen molar-refractivity contribution < 1.29 is 14.3 Å². The van der Waals surface area contributed by atoms with Gasteiger partial charge in [0.05, 0.1) is 11.5 Å². The van der Waals surface area contributed by atoms with Crippen molar-refractivity contribution in [2.45, 2.75) is 64.3 Å². The van der Waals surface area contributed by atoms with E-state index in [-0.39, 0.29) is 29.9 Å². The Balaban J connectivity index is 1.33. The Morgan fingerprint density at radius 2 is 1.67 bits per heavy atom. The number of amides is 1. The van der Waals surface area contributed by atoms with Gasteiger partial charge >= 0.3 is 5.97 Å². The molecule has 0 saturated heterocycles. The van der Waals surface area contributed by atoms with Gasteiger partial charge in [0.2, 0.25) is 0 Å². The second-order valence-corrected chi connectivity index (χ2v) is 9.09. The number of rotatable bonds is 7. The molecule has 1 atom stereocenters. The first-order chi connectivity index (χ1) is 13.1. The van der Waals surface area contributed by atoms with Crippen LogP contribution in [0.15, 0.2) is 30.3 Å². The molecule has 0 aromatic heterocycles. The predicted molar refractivity (Wildman–Crippen MR) is 104 cm³/mol. The molecule has 4 aliphatic rings. The maximum atomic E-state index is 12.9. The van der Waals surface area contributed by atoms with Crippen LogP contribution in [0.25, 0.3) is 0 Å². The Morgan fingerprint density at radius 1 is 1.07 bits per heavy atom. The van der Waals surface area contributed by atoms with Gasteiger partial charge < -0.3 is 10.1 Å². The standard InChI is InChI=1S/C23H31NO3/c1-2-6-20(19-7-4-3-5-8-19)24-21(25)15-27-22(26)23-12-16-9-17(13-23)11-18(10-16)14-23/h3-5,7-8,16-18,20H,2,6,9-15H2,1H3,(H,24,25)/t16?,17?,18?,20-,23?/m1/s1. The summed E-state index contributed by atoms with van der Waals surface area (Å²) < 4.78 is 5.55. The van der Waals surface area contributed by atoms with Gasteiger partial charge in [-0.1, -0.05) is 43.7 Å². The zero-order valence-corrected chi connectivity index (χ0v) is 16.3. The molecule has 4 nitrogen and oxygen atoms in total. The van der Waals surface area contributed by atoms with Crippen molar-refractivity contribution in [3.63, 3.8) is 0 Å². The fourth-order valence-electron chi connectivity index (χ4n) is 6.18. The number of benzene rings is 1. The van der Waals surface area contributed by atoms with Crippen molar-refractivity contribution in [3.05, 3.63) is 35.9 Å². The third kappa shape index (κ3) is 3.90. The molecule has 0 spiro atoms. The maximum Gasteiger partial charge on any atom is 0.312 e. The van der Waals surface area contributed by atoms with E-state index in [1.807, 2.05) is 30.3 Å². The van der Waals surface area contributed by atoms with Gasteiger partial charge in [0.15, 0.2) is 6.61 Å². The number of nitrogens with one attached hydrogen (secondary N) is 1. The Labute approximate surface area is 162 Å². The lowest BCUT2D eigenvalue weighted by molar-refractivity contribution is -0.173. The average Bonchev–Trinajstić information content (AvgIpc) is 2.65. The van der Waals surface area contributed by atoms with Crippen LogP contribution in [0.5, 0.6) is 0 Å². The molecule has 4 heteroatoms. The highest BCUT2D eigenvalue weighted by Gasteiger charge is 2.55. The summed E-state index contributed by atoms with van der Waals surface area (Å²) in [5.74, 6) is 1.78. The first kappa shape index (κ1) is 18.5. The minimum absolute atomic E-state index is 0.0260. The fraction of sp³-hybridized carbons (Fsp3) is 0.652. The molecule has 146 valence electrons. The van der Waals surface area contributed by atoms with Crippen molar-refractivity contribution in [1.82, 2.24) is 5.32 Å². The monoisotopic (exact) mass is 369 g/mol. The Hall–Kier alpha value is -1.84. The van der Waals surface area contributed by atoms with Gasteiger partial charge in [-0.2, -0.15) is 0 Å². The third-order valence-corrected chi connectivity index (χ3v) is 6.92. The summed E-state index contributed by atoms with van der Waals surface area (Å²) in [7, 11) is 0. The fourth-order valence-corrected chi connectivity index (χ4v) is 6.18. The SMILES string of the molecule is CCC[C@@H](NC(=O)COC(=O)C12CC3CC(CC(C3)C1)C2)c1ccccc1. The van der Waals surface area contributed by atoms with Gasteiger partial charge in [0, 0.05) is 0 Å². The van der Waals surface area contributed by atoms with E-state index in [1.54, 1.807) is 0 Å². The number of carbonyl (C=O) groups excluding carboxylic acids is 2. The molecule has 1 aromatic rings. The topological polar surface area (TPSA) is 55.4 Å². The molecule has 1 amide bonds. The average molecular weight is 370 g/mol. The van der Waals surface area contributed by atoms with E-state index in [2.05, 4.69) is 12.2 Å². The van der Waals surface area contributed by atoms with Crippen LogP contribution in [0.1, 0.15) is 69.9 Å². The summed E-state index contributed by atoms with van der Waals surface area (Å²) in [6.45, 7) is 1.95. The molecule has 1 N–H and O–H groups in total. The van der Waals surface area contributed by atoms with E-state index < -0.39 is 0 Å². The summed E-state index contributed by atoms with van der Waals surface area (Å²) in [4.78, 5) is 25.3. The van der Waals surface area contributed by atoms with Crippen LogP contribution in [0.2, 0.25) is 0 Å². The van der Waals surface area contributed by atoms with Crippen molar-refractivity contribution in [1.29, 1.82) is 0 Å². The predicted octanol–water partition coefficient (Wildman–Crippen LogP) is 4.40. The molecule has 0 radical (unpaired) electrons. The van der Waals surface area contributed by atoms with Gasteiger partial charge in [-0.25, -0.2) is 0 Å². The van der Waals surface area contributed by atoms with Crippen LogP contribution in [-0.4, -0.2) is 18.5 Å². The third-order valence-electron chi connectivity index (χ3n) is 6.92. The Bertz CT molecular complexity index is 649. The minimum Gasteiger partial charge on any atom is -0.455 e. The summed E-state index contributed by atoms with van der Waals surface area (Å²) in [5, 5.41) is 3.05. The molecule has 1 aromatic carbocycles. The highest BCUT2D eigenvalue weighted by Crippen LogP contribution is 2.60. The number of hydrogen-bond donors (Lipinski definition) is 1. The van der Waals surface area contributed by atoms with E-state index in [0.717, 1.165) is 37.7 Å². The van der Waals surface area contributed by atoms with Crippen LogP contribution in [-0.2, 0) is 14.3 Å². The zero-order valence-electron chi connectivity index (χ0n) is 16.3. The lowest BCUT2D eigenvalue weighted by atomic mass is 9.49. The summed E-state index contributed by atoms with van der Waals surface area (Å²) >= 11 is 0. The second kappa shape index (κ2) is 7.65. The maximum absolute atomic E-state index is 12.9. The molecule has 5 rings (SSSR count). The van der Waals surface area contributed by atoms with Gasteiger partial charge in [-0.3, -0.25) is 9.59 Å². The second-order valence-electron chi connectivity index (χ2n) is 9.09. The summed E-state index contributed by atoms with van der Waals surface area (Å²) in [6, 6.07) is 9.97. The molecule has 0 unspecified atom stereocenters. The van der Waals surface area contributed by atoms with Crippen molar-refractivity contribution in [3.8, 4) is 0 Å². The first-order valence-electron chi connectivity index (χ1n) is 10.6. The van der Waals surface area contributed by atoms with E-state index in [4.69, 9.17) is 4.74 Å². The minimum atomic E-state index is -0.294. The van der Waals surface area contributed by atoms with Gasteiger partial charge in [-0.15, -0.1) is 0 Å². The normalized spacial score (nSPS) is 32.1. The number of hydrogen-bond acceptors (Lipinski definition) is 3. The van der Waals surface area contributed by atoms with E-state index >= 15 is 0 Å². The lowest BCUT2D eigenvalue weighted by Crippen LogP contribution is -2.51. The molecular formula is C23H31NO3. The number of esters is 1. The summed E-state index contributed by atoms with van der Waals surface area (Å²) in [6.07, 6.45) is 8.66.